The summed E-state index contributed by atoms with van der Waals surface area (Å²) in [6, 6.07) is 7.67. The quantitative estimate of drug-likeness (QED) is 0.718. The van der Waals surface area contributed by atoms with E-state index in [-0.39, 0.29) is 5.95 Å². The van der Waals surface area contributed by atoms with Gasteiger partial charge in [0, 0.05) is 12.0 Å². The first-order valence-corrected chi connectivity index (χ1v) is 4.79. The van der Waals surface area contributed by atoms with Crippen LogP contribution in [0, 0.1) is 0 Å². The Morgan fingerprint density at radius 3 is 2.69 bits per heavy atom. The highest BCUT2D eigenvalue weighted by Gasteiger charge is 2.10. The molecule has 1 aromatic carbocycles. The van der Waals surface area contributed by atoms with E-state index in [9.17, 15) is 0 Å². The summed E-state index contributed by atoms with van der Waals surface area (Å²) in [7, 11) is 1.63. The Morgan fingerprint density at radius 1 is 1.31 bits per heavy atom. The van der Waals surface area contributed by atoms with Crippen molar-refractivity contribution >= 4 is 5.95 Å². The highest BCUT2D eigenvalue weighted by atomic mass is 16.5. The second-order valence-electron chi connectivity index (χ2n) is 3.33. The van der Waals surface area contributed by atoms with Crippen LogP contribution in [0.25, 0.3) is 0 Å². The summed E-state index contributed by atoms with van der Waals surface area (Å²) >= 11 is 0. The molecule has 0 unspecified atom stereocenters. The molecule has 0 saturated heterocycles. The number of hydrogen-bond donors (Lipinski definition) is 2. The second-order valence-corrected chi connectivity index (χ2v) is 3.33. The number of benzene rings is 1. The van der Waals surface area contributed by atoms with Crippen LogP contribution < -0.4 is 16.3 Å². The number of anilines is 1. The fourth-order valence-electron chi connectivity index (χ4n) is 1.48. The third-order valence-electron chi connectivity index (χ3n) is 2.33. The van der Waals surface area contributed by atoms with Crippen LogP contribution in [-0.4, -0.2) is 22.0 Å². The number of nitrogen functional groups attached to an aromatic ring is 2. The van der Waals surface area contributed by atoms with Crippen molar-refractivity contribution in [3.8, 4) is 5.75 Å². The third-order valence-corrected chi connectivity index (χ3v) is 2.33. The predicted molar refractivity (Wildman–Crippen MR) is 60.4 cm³/mol. The monoisotopic (exact) mass is 219 g/mol. The molecule has 0 aliphatic carbocycles. The zero-order chi connectivity index (χ0) is 11.5. The molecule has 0 saturated carbocycles. The van der Waals surface area contributed by atoms with E-state index in [4.69, 9.17) is 16.3 Å². The standard InChI is InChI=1S/C10H13N5O/c1-16-8-5-3-2-4-7(8)6-9-13-14-10(11)15(9)12/h2-5H,6,12H2,1H3,(H2,11,14). The summed E-state index contributed by atoms with van der Waals surface area (Å²) in [4.78, 5) is 0. The maximum atomic E-state index is 5.67. The fraction of sp³-hybridized carbons (Fsp3) is 0.200. The lowest BCUT2D eigenvalue weighted by Gasteiger charge is -2.07. The van der Waals surface area contributed by atoms with E-state index >= 15 is 0 Å². The number of nitrogens with two attached hydrogens (primary N) is 2. The Kier molecular flexibility index (Phi) is 2.63. The number of rotatable bonds is 3. The van der Waals surface area contributed by atoms with Crippen molar-refractivity contribution in [1.29, 1.82) is 0 Å². The summed E-state index contributed by atoms with van der Waals surface area (Å²) in [6.07, 6.45) is 0.532. The molecular weight excluding hydrogens is 206 g/mol. The number of para-hydroxylation sites is 1. The Morgan fingerprint density at radius 2 is 2.06 bits per heavy atom. The van der Waals surface area contributed by atoms with Crippen molar-refractivity contribution in [3.05, 3.63) is 35.7 Å². The molecule has 0 spiro atoms. The molecule has 6 nitrogen and oxygen atoms in total. The molecule has 84 valence electrons. The molecular formula is C10H13N5O. The van der Waals surface area contributed by atoms with Gasteiger partial charge in [-0.05, 0) is 6.07 Å². The molecule has 6 heteroatoms. The van der Waals surface area contributed by atoms with Crippen LogP contribution in [0.3, 0.4) is 0 Å². The maximum absolute atomic E-state index is 5.67. The van der Waals surface area contributed by atoms with Crippen molar-refractivity contribution in [2.45, 2.75) is 6.42 Å². The first-order valence-electron chi connectivity index (χ1n) is 4.79. The van der Waals surface area contributed by atoms with E-state index in [1.165, 1.54) is 4.68 Å². The van der Waals surface area contributed by atoms with E-state index < -0.39 is 0 Å². The molecule has 1 aromatic heterocycles. The van der Waals surface area contributed by atoms with Gasteiger partial charge < -0.3 is 16.3 Å². The summed E-state index contributed by atoms with van der Waals surface area (Å²) in [5.74, 6) is 7.26. The molecule has 2 rings (SSSR count). The van der Waals surface area contributed by atoms with Gasteiger partial charge in [-0.15, -0.1) is 10.2 Å². The predicted octanol–water partition coefficient (Wildman–Crippen LogP) is 0.173. The molecule has 1 heterocycles. The van der Waals surface area contributed by atoms with Crippen LogP contribution in [0.5, 0.6) is 5.75 Å². The Balaban J connectivity index is 2.30. The summed E-state index contributed by atoms with van der Waals surface area (Å²) in [6.45, 7) is 0. The highest BCUT2D eigenvalue weighted by Crippen LogP contribution is 2.19. The first kappa shape index (κ1) is 10.3. The van der Waals surface area contributed by atoms with Crippen molar-refractivity contribution < 1.29 is 4.74 Å². The summed E-state index contributed by atoms with van der Waals surface area (Å²) in [5.41, 5.74) is 6.49. The van der Waals surface area contributed by atoms with E-state index in [1.54, 1.807) is 7.11 Å². The van der Waals surface area contributed by atoms with E-state index in [0.717, 1.165) is 11.3 Å². The molecule has 0 fully saturated rings. The molecule has 0 radical (unpaired) electrons. The van der Waals surface area contributed by atoms with Gasteiger partial charge in [-0.3, -0.25) is 0 Å². The number of hydrogen-bond acceptors (Lipinski definition) is 5. The van der Waals surface area contributed by atoms with E-state index in [1.807, 2.05) is 24.3 Å². The van der Waals surface area contributed by atoms with Gasteiger partial charge in [0.15, 0.2) is 5.82 Å². The van der Waals surface area contributed by atoms with E-state index in [2.05, 4.69) is 10.2 Å². The zero-order valence-corrected chi connectivity index (χ0v) is 8.92. The Labute approximate surface area is 92.8 Å². The summed E-state index contributed by atoms with van der Waals surface area (Å²) in [5, 5.41) is 7.59. The van der Waals surface area contributed by atoms with Crippen LogP contribution >= 0.6 is 0 Å². The minimum atomic E-state index is 0.199. The fourth-order valence-corrected chi connectivity index (χ4v) is 1.48. The highest BCUT2D eigenvalue weighted by molar-refractivity contribution is 5.36. The molecule has 0 atom stereocenters. The smallest absolute Gasteiger partial charge is 0.240 e. The van der Waals surface area contributed by atoms with Crippen LogP contribution in [0.2, 0.25) is 0 Å². The largest absolute Gasteiger partial charge is 0.496 e. The molecule has 0 aliphatic rings. The zero-order valence-electron chi connectivity index (χ0n) is 8.92. The van der Waals surface area contributed by atoms with Crippen molar-refractivity contribution in [2.75, 3.05) is 18.7 Å². The van der Waals surface area contributed by atoms with Crippen molar-refractivity contribution in [3.63, 3.8) is 0 Å². The minimum Gasteiger partial charge on any atom is -0.496 e. The van der Waals surface area contributed by atoms with E-state index in [0.29, 0.717) is 12.2 Å². The molecule has 16 heavy (non-hydrogen) atoms. The van der Waals surface area contributed by atoms with Crippen molar-refractivity contribution in [1.82, 2.24) is 14.9 Å². The Hall–Kier alpha value is -2.24. The lowest BCUT2D eigenvalue weighted by molar-refractivity contribution is 0.410. The summed E-state index contributed by atoms with van der Waals surface area (Å²) < 4.78 is 6.50. The normalized spacial score (nSPS) is 10.3. The van der Waals surface area contributed by atoms with Gasteiger partial charge in [-0.2, -0.15) is 0 Å². The van der Waals surface area contributed by atoms with Crippen molar-refractivity contribution in [2.24, 2.45) is 0 Å². The van der Waals surface area contributed by atoms with Gasteiger partial charge in [0.1, 0.15) is 5.75 Å². The van der Waals surface area contributed by atoms with Gasteiger partial charge >= 0.3 is 0 Å². The lowest BCUT2D eigenvalue weighted by Crippen LogP contribution is -2.16. The third kappa shape index (κ3) is 1.77. The number of methoxy groups -OCH3 is 1. The molecule has 4 N–H and O–H groups in total. The SMILES string of the molecule is COc1ccccc1Cc1nnc(N)n1N. The molecule has 0 amide bonds. The maximum Gasteiger partial charge on any atom is 0.240 e. The molecule has 2 aromatic rings. The van der Waals surface area contributed by atoms with Gasteiger partial charge in [0.05, 0.1) is 7.11 Å². The van der Waals surface area contributed by atoms with Gasteiger partial charge in [-0.25, -0.2) is 4.68 Å². The molecule has 0 aliphatic heterocycles. The van der Waals surface area contributed by atoms with Gasteiger partial charge in [0.2, 0.25) is 5.95 Å². The second kappa shape index (κ2) is 4.09. The minimum absolute atomic E-state index is 0.199. The topological polar surface area (TPSA) is 92.0 Å². The lowest BCUT2D eigenvalue weighted by atomic mass is 10.1. The average Bonchev–Trinajstić information content (AvgIpc) is 2.62. The Bertz CT molecular complexity index is 494. The van der Waals surface area contributed by atoms with Gasteiger partial charge in [0.25, 0.3) is 0 Å². The number of aromatic nitrogens is 3. The number of nitrogens with zero attached hydrogens (tertiary/aromatic N) is 3. The van der Waals surface area contributed by atoms with Crippen LogP contribution in [0.4, 0.5) is 5.95 Å². The average molecular weight is 219 g/mol. The number of ether oxygens (including phenoxy) is 1. The molecule has 0 bridgehead atoms. The van der Waals surface area contributed by atoms with Gasteiger partial charge in [-0.1, -0.05) is 18.2 Å². The van der Waals surface area contributed by atoms with Crippen LogP contribution in [0.15, 0.2) is 24.3 Å². The van der Waals surface area contributed by atoms with Crippen LogP contribution in [-0.2, 0) is 6.42 Å². The first-order chi connectivity index (χ1) is 7.72. The van der Waals surface area contributed by atoms with Crippen LogP contribution in [0.1, 0.15) is 11.4 Å².